The number of hydrogen-bond acceptors (Lipinski definition) is 1. The van der Waals surface area contributed by atoms with Crippen LogP contribution < -0.4 is 5.32 Å². The Labute approximate surface area is 102 Å². The first-order valence-electron chi connectivity index (χ1n) is 7.61. The minimum atomic E-state index is 0.807. The molecule has 96 valence electrons. The molecule has 0 aromatic rings. The predicted molar refractivity (Wildman–Crippen MR) is 72.8 cm³/mol. The van der Waals surface area contributed by atoms with E-state index in [1.165, 1.54) is 70.8 Å². The van der Waals surface area contributed by atoms with Crippen LogP contribution in [0.4, 0.5) is 0 Å². The summed E-state index contributed by atoms with van der Waals surface area (Å²) in [5.41, 5.74) is 0. The zero-order valence-electron chi connectivity index (χ0n) is 11.4. The van der Waals surface area contributed by atoms with Crippen molar-refractivity contribution in [1.82, 2.24) is 5.32 Å². The Morgan fingerprint density at radius 2 is 1.75 bits per heavy atom. The molecule has 1 aliphatic carbocycles. The minimum Gasteiger partial charge on any atom is -0.314 e. The molecule has 1 unspecified atom stereocenters. The molecule has 16 heavy (non-hydrogen) atoms. The fraction of sp³-hybridized carbons (Fsp3) is 1.00. The zero-order chi connectivity index (χ0) is 11.6. The molecule has 0 saturated heterocycles. The van der Waals surface area contributed by atoms with Crippen LogP contribution in [0.5, 0.6) is 0 Å². The Hall–Kier alpha value is -0.0400. The van der Waals surface area contributed by atoms with Crippen molar-refractivity contribution in [3.8, 4) is 0 Å². The van der Waals surface area contributed by atoms with Gasteiger partial charge in [0, 0.05) is 6.04 Å². The highest BCUT2D eigenvalue weighted by molar-refractivity contribution is 4.78. The standard InChI is InChI=1S/C15H31N/c1-3-5-6-10-13-16-15(4-2)14-11-8-7-9-12-14/h14-16H,3-13H2,1-2H3. The highest BCUT2D eigenvalue weighted by Crippen LogP contribution is 2.27. The van der Waals surface area contributed by atoms with Gasteiger partial charge in [-0.1, -0.05) is 52.4 Å². The molecule has 0 bridgehead atoms. The van der Waals surface area contributed by atoms with Crippen molar-refractivity contribution in [3.05, 3.63) is 0 Å². The molecule has 1 atom stereocenters. The molecule has 0 aliphatic heterocycles. The summed E-state index contributed by atoms with van der Waals surface area (Å²) in [4.78, 5) is 0. The number of nitrogens with one attached hydrogen (secondary N) is 1. The second-order valence-corrected chi connectivity index (χ2v) is 5.43. The van der Waals surface area contributed by atoms with Gasteiger partial charge in [0.15, 0.2) is 0 Å². The Bertz CT molecular complexity index is 150. The molecule has 0 aromatic carbocycles. The fourth-order valence-electron chi connectivity index (χ4n) is 3.02. The van der Waals surface area contributed by atoms with E-state index in [0.717, 1.165) is 12.0 Å². The second-order valence-electron chi connectivity index (χ2n) is 5.43. The third kappa shape index (κ3) is 5.34. The topological polar surface area (TPSA) is 12.0 Å². The number of unbranched alkanes of at least 4 members (excludes halogenated alkanes) is 3. The van der Waals surface area contributed by atoms with Crippen molar-refractivity contribution in [1.29, 1.82) is 0 Å². The maximum Gasteiger partial charge on any atom is 0.00926 e. The van der Waals surface area contributed by atoms with Crippen molar-refractivity contribution in [2.45, 2.75) is 84.1 Å². The molecule has 1 N–H and O–H groups in total. The Morgan fingerprint density at radius 1 is 1.00 bits per heavy atom. The first-order valence-corrected chi connectivity index (χ1v) is 7.61. The molecule has 1 aliphatic rings. The zero-order valence-corrected chi connectivity index (χ0v) is 11.4. The molecule has 0 amide bonds. The van der Waals surface area contributed by atoms with Gasteiger partial charge >= 0.3 is 0 Å². The molecule has 0 spiro atoms. The van der Waals surface area contributed by atoms with E-state index in [0.29, 0.717) is 0 Å². The summed E-state index contributed by atoms with van der Waals surface area (Å²) >= 11 is 0. The van der Waals surface area contributed by atoms with Crippen LogP contribution in [0.1, 0.15) is 78.1 Å². The van der Waals surface area contributed by atoms with E-state index in [4.69, 9.17) is 0 Å². The summed E-state index contributed by atoms with van der Waals surface area (Å²) in [6.45, 7) is 5.87. The van der Waals surface area contributed by atoms with Crippen LogP contribution in [0.2, 0.25) is 0 Å². The van der Waals surface area contributed by atoms with E-state index in [1.54, 1.807) is 0 Å². The van der Waals surface area contributed by atoms with Crippen LogP contribution in [-0.4, -0.2) is 12.6 Å². The average Bonchev–Trinajstić information content (AvgIpc) is 2.35. The van der Waals surface area contributed by atoms with Crippen molar-refractivity contribution < 1.29 is 0 Å². The molecule has 1 fully saturated rings. The van der Waals surface area contributed by atoms with Gasteiger partial charge in [-0.3, -0.25) is 0 Å². The molecule has 0 heterocycles. The molecule has 0 radical (unpaired) electrons. The van der Waals surface area contributed by atoms with Crippen LogP contribution in [0.25, 0.3) is 0 Å². The summed E-state index contributed by atoms with van der Waals surface area (Å²) in [5.74, 6) is 0.977. The van der Waals surface area contributed by atoms with Crippen LogP contribution in [0.15, 0.2) is 0 Å². The van der Waals surface area contributed by atoms with Gasteiger partial charge in [0.05, 0.1) is 0 Å². The lowest BCUT2D eigenvalue weighted by Gasteiger charge is -2.30. The van der Waals surface area contributed by atoms with E-state index in [1.807, 2.05) is 0 Å². The van der Waals surface area contributed by atoms with Gasteiger partial charge < -0.3 is 5.32 Å². The third-order valence-corrected chi connectivity index (χ3v) is 4.10. The summed E-state index contributed by atoms with van der Waals surface area (Å²) in [6.07, 6.45) is 14.2. The van der Waals surface area contributed by atoms with Crippen molar-refractivity contribution in [2.75, 3.05) is 6.54 Å². The minimum absolute atomic E-state index is 0.807. The molecule has 0 aromatic heterocycles. The van der Waals surface area contributed by atoms with E-state index >= 15 is 0 Å². The van der Waals surface area contributed by atoms with Crippen molar-refractivity contribution in [3.63, 3.8) is 0 Å². The Kier molecular flexibility index (Phi) is 7.92. The first kappa shape index (κ1) is 14.0. The van der Waals surface area contributed by atoms with Gasteiger partial charge in [-0.05, 0) is 38.1 Å². The molecular weight excluding hydrogens is 194 g/mol. The van der Waals surface area contributed by atoms with Gasteiger partial charge in [0.2, 0.25) is 0 Å². The van der Waals surface area contributed by atoms with E-state index in [2.05, 4.69) is 19.2 Å². The van der Waals surface area contributed by atoms with Crippen LogP contribution in [-0.2, 0) is 0 Å². The van der Waals surface area contributed by atoms with Crippen molar-refractivity contribution in [2.24, 2.45) is 5.92 Å². The number of rotatable bonds is 8. The third-order valence-electron chi connectivity index (χ3n) is 4.10. The lowest BCUT2D eigenvalue weighted by atomic mass is 9.83. The van der Waals surface area contributed by atoms with Gasteiger partial charge in [-0.2, -0.15) is 0 Å². The Balaban J connectivity index is 2.10. The monoisotopic (exact) mass is 225 g/mol. The quantitative estimate of drug-likeness (QED) is 0.599. The predicted octanol–water partition coefficient (Wildman–Crippen LogP) is 4.52. The highest BCUT2D eigenvalue weighted by atomic mass is 14.9. The lowest BCUT2D eigenvalue weighted by Crippen LogP contribution is -2.37. The maximum atomic E-state index is 3.80. The van der Waals surface area contributed by atoms with Crippen molar-refractivity contribution >= 4 is 0 Å². The van der Waals surface area contributed by atoms with Gasteiger partial charge in [-0.15, -0.1) is 0 Å². The normalized spacial score (nSPS) is 19.9. The Morgan fingerprint density at radius 3 is 2.38 bits per heavy atom. The van der Waals surface area contributed by atoms with Gasteiger partial charge in [0.1, 0.15) is 0 Å². The van der Waals surface area contributed by atoms with Gasteiger partial charge in [0.25, 0.3) is 0 Å². The summed E-state index contributed by atoms with van der Waals surface area (Å²) in [7, 11) is 0. The van der Waals surface area contributed by atoms with E-state index < -0.39 is 0 Å². The highest BCUT2D eigenvalue weighted by Gasteiger charge is 2.21. The maximum absolute atomic E-state index is 3.80. The van der Waals surface area contributed by atoms with E-state index in [-0.39, 0.29) is 0 Å². The molecule has 1 saturated carbocycles. The molecule has 1 rings (SSSR count). The second kappa shape index (κ2) is 9.04. The largest absolute Gasteiger partial charge is 0.314 e. The summed E-state index contributed by atoms with van der Waals surface area (Å²) in [6, 6.07) is 0.807. The van der Waals surface area contributed by atoms with E-state index in [9.17, 15) is 0 Å². The average molecular weight is 225 g/mol. The van der Waals surface area contributed by atoms with Gasteiger partial charge in [-0.25, -0.2) is 0 Å². The molecular formula is C15H31N. The SMILES string of the molecule is CCCCCCNC(CC)C1CCCCC1. The number of hydrogen-bond donors (Lipinski definition) is 1. The molecule has 1 nitrogen and oxygen atoms in total. The lowest BCUT2D eigenvalue weighted by molar-refractivity contribution is 0.262. The smallest absolute Gasteiger partial charge is 0.00926 e. The summed E-state index contributed by atoms with van der Waals surface area (Å²) < 4.78 is 0. The summed E-state index contributed by atoms with van der Waals surface area (Å²) in [5, 5.41) is 3.80. The van der Waals surface area contributed by atoms with Crippen LogP contribution >= 0.6 is 0 Å². The molecule has 1 heteroatoms. The van der Waals surface area contributed by atoms with Crippen LogP contribution in [0.3, 0.4) is 0 Å². The van der Waals surface area contributed by atoms with Crippen LogP contribution in [0, 0.1) is 5.92 Å². The first-order chi connectivity index (χ1) is 7.88. The fourth-order valence-corrected chi connectivity index (χ4v) is 3.02.